The first kappa shape index (κ1) is 36.1. The minimum atomic E-state index is -0.598. The zero-order valence-corrected chi connectivity index (χ0v) is 26.4. The lowest BCUT2D eigenvalue weighted by Crippen LogP contribution is -2.32. The molecule has 0 aliphatic carbocycles. The number of hydrogen-bond acceptors (Lipinski definition) is 9. The molecule has 2 aliphatic rings. The van der Waals surface area contributed by atoms with Gasteiger partial charge in [-0.25, -0.2) is 4.79 Å². The summed E-state index contributed by atoms with van der Waals surface area (Å²) in [4.78, 5) is 72.6. The summed E-state index contributed by atoms with van der Waals surface area (Å²) < 4.78 is 10.1. The Balaban J connectivity index is 0.000000342. The third-order valence-electron chi connectivity index (χ3n) is 7.69. The van der Waals surface area contributed by atoms with Crippen LogP contribution in [0.5, 0.6) is 5.75 Å². The minimum absolute atomic E-state index is 0.121. The van der Waals surface area contributed by atoms with Gasteiger partial charge in [0.2, 0.25) is 0 Å². The first-order chi connectivity index (χ1) is 20.9. The van der Waals surface area contributed by atoms with E-state index in [1.807, 2.05) is 0 Å². The number of esters is 1. The van der Waals surface area contributed by atoms with Gasteiger partial charge in [0.25, 0.3) is 23.6 Å². The van der Waals surface area contributed by atoms with Gasteiger partial charge in [0.15, 0.2) is 0 Å². The first-order valence-electron chi connectivity index (χ1n) is 15.0. The maximum Gasteiger partial charge on any atom is 0.338 e. The maximum atomic E-state index is 11.9. The second-order valence-corrected chi connectivity index (χ2v) is 10.9. The number of aldehydes is 1. The second-order valence-electron chi connectivity index (χ2n) is 10.9. The SMILES string of the molecule is CC1=C(C)C(=O)N(CCCCCCOC(=O)c2cc(O)cc(C=O)c2)C1=O.COCCCCCCN1C(=O)C(C)=C(C)C1=O. The van der Waals surface area contributed by atoms with Crippen molar-refractivity contribution in [3.05, 3.63) is 51.6 Å². The molecule has 1 aromatic rings. The molecular formula is C33H44N2O9. The van der Waals surface area contributed by atoms with E-state index in [1.54, 1.807) is 34.8 Å². The Labute approximate surface area is 258 Å². The molecule has 0 aromatic heterocycles. The van der Waals surface area contributed by atoms with Crippen LogP contribution in [0.1, 0.15) is 99.8 Å². The van der Waals surface area contributed by atoms with Crippen molar-refractivity contribution < 1.29 is 43.3 Å². The standard InChI is InChI=1S/C20H23NO6.C13H21NO3/c1-13-14(2)19(25)21(18(13)24)7-5-3-4-6-8-27-20(26)16-9-15(12-22)10-17(23)11-16;1-10-11(2)13(16)14(12(10)15)8-6-4-5-7-9-17-3/h9-12,23H,3-8H2,1-2H3;4-9H2,1-3H3. The van der Waals surface area contributed by atoms with Crippen molar-refractivity contribution in [2.45, 2.75) is 79.1 Å². The molecule has 3 rings (SSSR count). The predicted octanol–water partition coefficient (Wildman–Crippen LogP) is 4.53. The zero-order valence-electron chi connectivity index (χ0n) is 26.4. The number of hydrogen-bond donors (Lipinski definition) is 1. The van der Waals surface area contributed by atoms with Gasteiger partial charge < -0.3 is 14.6 Å². The molecule has 0 saturated carbocycles. The molecule has 4 amide bonds. The largest absolute Gasteiger partial charge is 0.508 e. The Kier molecular flexibility index (Phi) is 14.6. The van der Waals surface area contributed by atoms with Crippen LogP contribution in [0.3, 0.4) is 0 Å². The summed E-state index contributed by atoms with van der Waals surface area (Å²) >= 11 is 0. The van der Waals surface area contributed by atoms with Crippen molar-refractivity contribution in [3.8, 4) is 5.75 Å². The number of ether oxygens (including phenoxy) is 2. The summed E-state index contributed by atoms with van der Waals surface area (Å²) in [5, 5.41) is 9.48. The van der Waals surface area contributed by atoms with Gasteiger partial charge in [-0.3, -0.25) is 33.8 Å². The van der Waals surface area contributed by atoms with Gasteiger partial charge in [-0.05, 0) is 78.0 Å². The molecule has 11 heteroatoms. The Hall–Kier alpha value is -4.12. The molecule has 0 unspecified atom stereocenters. The maximum absolute atomic E-state index is 11.9. The van der Waals surface area contributed by atoms with Crippen LogP contribution in [0.4, 0.5) is 0 Å². The molecule has 2 heterocycles. The molecule has 1 N–H and O–H groups in total. The van der Waals surface area contributed by atoms with Crippen LogP contribution in [0.2, 0.25) is 0 Å². The molecule has 0 spiro atoms. The molecule has 2 aliphatic heterocycles. The number of phenolic OH excluding ortho intramolecular Hbond substituents is 1. The van der Waals surface area contributed by atoms with Crippen molar-refractivity contribution in [3.63, 3.8) is 0 Å². The lowest BCUT2D eigenvalue weighted by molar-refractivity contribution is -0.139. The minimum Gasteiger partial charge on any atom is -0.508 e. The number of carbonyl (C=O) groups excluding carboxylic acids is 6. The molecule has 11 nitrogen and oxygen atoms in total. The highest BCUT2D eigenvalue weighted by molar-refractivity contribution is 6.19. The van der Waals surface area contributed by atoms with E-state index in [0.29, 0.717) is 54.5 Å². The fraction of sp³-hybridized carbons (Fsp3) is 0.515. The average molecular weight is 613 g/mol. The van der Waals surface area contributed by atoms with Crippen LogP contribution in [-0.2, 0) is 28.7 Å². The molecule has 0 atom stereocenters. The Morgan fingerprint density at radius 1 is 0.682 bits per heavy atom. The molecule has 0 fully saturated rings. The summed E-state index contributed by atoms with van der Waals surface area (Å²) in [5.41, 5.74) is 2.53. The van der Waals surface area contributed by atoms with Gasteiger partial charge in [0, 0.05) is 54.7 Å². The van der Waals surface area contributed by atoms with Crippen LogP contribution >= 0.6 is 0 Å². The predicted molar refractivity (Wildman–Crippen MR) is 163 cm³/mol. The summed E-state index contributed by atoms with van der Waals surface area (Å²) in [5.74, 6) is -1.44. The molecule has 44 heavy (non-hydrogen) atoms. The normalized spacial score (nSPS) is 14.9. The van der Waals surface area contributed by atoms with Crippen LogP contribution in [0, 0.1) is 0 Å². The summed E-state index contributed by atoms with van der Waals surface area (Å²) in [6, 6.07) is 3.87. The van der Waals surface area contributed by atoms with Gasteiger partial charge in [0.05, 0.1) is 12.2 Å². The Morgan fingerprint density at radius 2 is 1.11 bits per heavy atom. The number of benzene rings is 1. The summed E-state index contributed by atoms with van der Waals surface area (Å²) in [6.07, 6.45) is 7.49. The van der Waals surface area contributed by atoms with Crippen molar-refractivity contribution in [1.82, 2.24) is 9.80 Å². The number of phenols is 1. The fourth-order valence-electron chi connectivity index (χ4n) is 4.71. The van der Waals surface area contributed by atoms with E-state index in [9.17, 15) is 33.9 Å². The lowest BCUT2D eigenvalue weighted by atomic mass is 10.1. The number of amides is 4. The number of methoxy groups -OCH3 is 1. The number of imide groups is 2. The van der Waals surface area contributed by atoms with Crippen LogP contribution in [0.15, 0.2) is 40.5 Å². The smallest absolute Gasteiger partial charge is 0.338 e. The van der Waals surface area contributed by atoms with Crippen LogP contribution in [-0.4, -0.2) is 84.2 Å². The molecule has 0 radical (unpaired) electrons. The van der Waals surface area contributed by atoms with Crippen LogP contribution in [0.25, 0.3) is 0 Å². The Morgan fingerprint density at radius 3 is 1.55 bits per heavy atom. The van der Waals surface area contributed by atoms with Gasteiger partial charge in [-0.1, -0.05) is 19.3 Å². The third-order valence-corrected chi connectivity index (χ3v) is 7.69. The monoisotopic (exact) mass is 612 g/mol. The highest BCUT2D eigenvalue weighted by Crippen LogP contribution is 2.21. The highest BCUT2D eigenvalue weighted by atomic mass is 16.5. The third kappa shape index (κ3) is 9.97. The van der Waals surface area contributed by atoms with Gasteiger partial charge >= 0.3 is 5.97 Å². The van der Waals surface area contributed by atoms with E-state index in [4.69, 9.17) is 9.47 Å². The zero-order chi connectivity index (χ0) is 32.8. The number of rotatable bonds is 16. The quantitative estimate of drug-likeness (QED) is 0.123. The van der Waals surface area contributed by atoms with Crippen molar-refractivity contribution in [1.29, 1.82) is 0 Å². The summed E-state index contributed by atoms with van der Waals surface area (Å²) in [6.45, 7) is 8.68. The van der Waals surface area contributed by atoms with Gasteiger partial charge in [-0.15, -0.1) is 0 Å². The van der Waals surface area contributed by atoms with E-state index in [0.717, 1.165) is 45.1 Å². The topological polar surface area (TPSA) is 148 Å². The van der Waals surface area contributed by atoms with Crippen molar-refractivity contribution in [2.75, 3.05) is 33.4 Å². The average Bonchev–Trinajstić information content (AvgIpc) is 3.31. The molecule has 1 aromatic carbocycles. The Bertz CT molecular complexity index is 1260. The molecule has 0 saturated heterocycles. The van der Waals surface area contributed by atoms with E-state index in [1.165, 1.54) is 28.0 Å². The van der Waals surface area contributed by atoms with Crippen molar-refractivity contribution >= 4 is 35.9 Å². The number of carbonyl (C=O) groups is 6. The van der Waals surface area contributed by atoms with Gasteiger partial charge in [-0.2, -0.15) is 0 Å². The van der Waals surface area contributed by atoms with Gasteiger partial charge in [0.1, 0.15) is 12.0 Å². The first-order valence-corrected chi connectivity index (χ1v) is 15.0. The van der Waals surface area contributed by atoms with Crippen molar-refractivity contribution in [2.24, 2.45) is 0 Å². The highest BCUT2D eigenvalue weighted by Gasteiger charge is 2.33. The molecule has 0 bridgehead atoms. The molecular weight excluding hydrogens is 568 g/mol. The summed E-state index contributed by atoms with van der Waals surface area (Å²) in [7, 11) is 1.69. The second kappa shape index (κ2) is 17.9. The van der Waals surface area contributed by atoms with E-state index >= 15 is 0 Å². The number of nitrogens with zero attached hydrogens (tertiary/aromatic N) is 2. The fourth-order valence-corrected chi connectivity index (χ4v) is 4.71. The van der Waals surface area contributed by atoms with E-state index in [-0.39, 0.29) is 47.1 Å². The van der Waals surface area contributed by atoms with Crippen LogP contribution < -0.4 is 0 Å². The van der Waals surface area contributed by atoms with E-state index in [2.05, 4.69) is 0 Å². The van der Waals surface area contributed by atoms with E-state index < -0.39 is 5.97 Å². The lowest BCUT2D eigenvalue weighted by Gasteiger charge is -2.14. The molecule has 240 valence electrons. The number of aromatic hydroxyl groups is 1. The number of unbranched alkanes of at least 4 members (excludes halogenated alkanes) is 6.